The second-order valence-corrected chi connectivity index (χ2v) is 3.58. The average Bonchev–Trinajstić information content (AvgIpc) is 2.35. The zero-order chi connectivity index (χ0) is 12.3. The number of aromatic nitrogens is 3. The van der Waals surface area contributed by atoms with Crippen LogP contribution < -0.4 is 11.3 Å². The standard InChI is InChI=1S/C11H12FN5/c1-7-4-16-10(6-15-7)11(17-13)8-2-3-14-5-9(8)12/h2-6,11,17H,13H2,1H3. The van der Waals surface area contributed by atoms with Crippen molar-refractivity contribution in [2.24, 2.45) is 5.84 Å². The van der Waals surface area contributed by atoms with Crippen molar-refractivity contribution in [2.75, 3.05) is 0 Å². The first kappa shape index (κ1) is 11.6. The van der Waals surface area contributed by atoms with Crippen LogP contribution in [0.15, 0.2) is 30.9 Å². The van der Waals surface area contributed by atoms with Gasteiger partial charge >= 0.3 is 0 Å². The number of aryl methyl sites for hydroxylation is 1. The van der Waals surface area contributed by atoms with Gasteiger partial charge in [-0.25, -0.2) is 9.82 Å². The van der Waals surface area contributed by atoms with Crippen LogP contribution in [-0.2, 0) is 0 Å². The Balaban J connectivity index is 2.40. The summed E-state index contributed by atoms with van der Waals surface area (Å²) in [6.45, 7) is 1.83. The summed E-state index contributed by atoms with van der Waals surface area (Å²) in [4.78, 5) is 12.0. The van der Waals surface area contributed by atoms with E-state index < -0.39 is 11.9 Å². The third-order valence-electron chi connectivity index (χ3n) is 2.38. The predicted molar refractivity (Wildman–Crippen MR) is 60.1 cm³/mol. The van der Waals surface area contributed by atoms with Crippen molar-refractivity contribution in [1.82, 2.24) is 20.4 Å². The van der Waals surface area contributed by atoms with Crippen molar-refractivity contribution in [1.29, 1.82) is 0 Å². The summed E-state index contributed by atoms with van der Waals surface area (Å²) in [5.74, 6) is 5.01. The van der Waals surface area contributed by atoms with Gasteiger partial charge < -0.3 is 0 Å². The highest BCUT2D eigenvalue weighted by molar-refractivity contribution is 5.25. The monoisotopic (exact) mass is 233 g/mol. The normalized spacial score (nSPS) is 12.4. The fourth-order valence-electron chi connectivity index (χ4n) is 1.51. The largest absolute Gasteiger partial charge is 0.271 e. The highest BCUT2D eigenvalue weighted by atomic mass is 19.1. The Kier molecular flexibility index (Phi) is 3.36. The Bertz CT molecular complexity index is 499. The summed E-state index contributed by atoms with van der Waals surface area (Å²) in [5.41, 5.74) is 4.26. The Morgan fingerprint density at radius 3 is 2.71 bits per heavy atom. The molecule has 0 saturated carbocycles. The van der Waals surface area contributed by atoms with Crippen molar-refractivity contribution in [3.05, 3.63) is 53.6 Å². The summed E-state index contributed by atoms with van der Waals surface area (Å²) in [5, 5.41) is 0. The van der Waals surface area contributed by atoms with Gasteiger partial charge in [0.05, 0.1) is 29.8 Å². The Labute approximate surface area is 97.9 Å². The minimum atomic E-state index is -0.536. The van der Waals surface area contributed by atoms with Gasteiger partial charge in [-0.1, -0.05) is 0 Å². The molecule has 0 radical (unpaired) electrons. The summed E-state index contributed by atoms with van der Waals surface area (Å²) in [7, 11) is 0. The molecule has 0 saturated heterocycles. The van der Waals surface area contributed by atoms with E-state index in [9.17, 15) is 4.39 Å². The molecule has 0 aromatic carbocycles. The number of hydrogen-bond donors (Lipinski definition) is 2. The number of halogens is 1. The first-order valence-corrected chi connectivity index (χ1v) is 5.06. The molecule has 6 heteroatoms. The van der Waals surface area contributed by atoms with E-state index in [1.807, 2.05) is 6.92 Å². The van der Waals surface area contributed by atoms with Gasteiger partial charge in [-0.3, -0.25) is 20.8 Å². The van der Waals surface area contributed by atoms with Crippen LogP contribution in [0.25, 0.3) is 0 Å². The molecule has 2 aromatic rings. The van der Waals surface area contributed by atoms with Crippen LogP contribution in [0.2, 0.25) is 0 Å². The zero-order valence-corrected chi connectivity index (χ0v) is 9.26. The fourth-order valence-corrected chi connectivity index (χ4v) is 1.51. The van der Waals surface area contributed by atoms with Gasteiger partial charge in [-0.15, -0.1) is 0 Å². The van der Waals surface area contributed by atoms with E-state index in [0.29, 0.717) is 11.3 Å². The molecule has 0 spiro atoms. The van der Waals surface area contributed by atoms with Gasteiger partial charge in [-0.2, -0.15) is 0 Å². The third-order valence-corrected chi connectivity index (χ3v) is 2.38. The molecular formula is C11H12FN5. The lowest BCUT2D eigenvalue weighted by molar-refractivity contribution is 0.547. The van der Waals surface area contributed by atoms with Gasteiger partial charge in [-0.05, 0) is 13.0 Å². The smallest absolute Gasteiger partial charge is 0.146 e. The van der Waals surface area contributed by atoms with Crippen molar-refractivity contribution in [2.45, 2.75) is 13.0 Å². The van der Waals surface area contributed by atoms with Crippen LogP contribution in [0.1, 0.15) is 23.0 Å². The van der Waals surface area contributed by atoms with E-state index in [2.05, 4.69) is 20.4 Å². The second-order valence-electron chi connectivity index (χ2n) is 3.58. The molecule has 3 N–H and O–H groups in total. The molecular weight excluding hydrogens is 221 g/mol. The van der Waals surface area contributed by atoms with Gasteiger partial charge in [0.1, 0.15) is 5.82 Å². The van der Waals surface area contributed by atoms with Crippen LogP contribution >= 0.6 is 0 Å². The van der Waals surface area contributed by atoms with Gasteiger partial charge in [0.2, 0.25) is 0 Å². The van der Waals surface area contributed by atoms with Crippen LogP contribution in [0.5, 0.6) is 0 Å². The summed E-state index contributed by atoms with van der Waals surface area (Å²) in [6, 6.07) is 1.02. The number of nitrogens with one attached hydrogen (secondary N) is 1. The SMILES string of the molecule is Cc1cnc(C(NN)c2ccncc2F)cn1. The highest BCUT2D eigenvalue weighted by Crippen LogP contribution is 2.20. The van der Waals surface area contributed by atoms with E-state index in [0.717, 1.165) is 11.9 Å². The molecule has 0 aliphatic carbocycles. The summed E-state index contributed by atoms with van der Waals surface area (Å²) in [6.07, 6.45) is 5.82. The lowest BCUT2D eigenvalue weighted by atomic mass is 10.1. The first-order valence-electron chi connectivity index (χ1n) is 5.06. The maximum Gasteiger partial charge on any atom is 0.146 e. The molecule has 2 aromatic heterocycles. The lowest BCUT2D eigenvalue weighted by Gasteiger charge is -2.15. The summed E-state index contributed by atoms with van der Waals surface area (Å²) >= 11 is 0. The number of nitrogens with two attached hydrogens (primary N) is 1. The van der Waals surface area contributed by atoms with Crippen LogP contribution in [0.3, 0.4) is 0 Å². The molecule has 1 atom stereocenters. The van der Waals surface area contributed by atoms with Crippen molar-refractivity contribution in [3.63, 3.8) is 0 Å². The molecule has 2 heterocycles. The molecule has 2 rings (SSSR count). The van der Waals surface area contributed by atoms with E-state index in [4.69, 9.17) is 5.84 Å². The number of rotatable bonds is 3. The molecule has 1 unspecified atom stereocenters. The number of nitrogens with zero attached hydrogens (tertiary/aromatic N) is 3. The van der Waals surface area contributed by atoms with Crippen molar-refractivity contribution in [3.8, 4) is 0 Å². The highest BCUT2D eigenvalue weighted by Gasteiger charge is 2.17. The fraction of sp³-hybridized carbons (Fsp3) is 0.182. The zero-order valence-electron chi connectivity index (χ0n) is 9.26. The van der Waals surface area contributed by atoms with E-state index in [1.165, 1.54) is 6.20 Å². The molecule has 0 aliphatic heterocycles. The number of pyridine rings is 1. The quantitative estimate of drug-likeness (QED) is 0.607. The van der Waals surface area contributed by atoms with E-state index in [1.54, 1.807) is 18.5 Å². The molecule has 0 fully saturated rings. The van der Waals surface area contributed by atoms with Gasteiger partial charge in [0.15, 0.2) is 0 Å². The van der Waals surface area contributed by atoms with Crippen LogP contribution in [0, 0.1) is 12.7 Å². The van der Waals surface area contributed by atoms with E-state index >= 15 is 0 Å². The number of hydrogen-bond acceptors (Lipinski definition) is 5. The summed E-state index contributed by atoms with van der Waals surface area (Å²) < 4.78 is 13.6. The Morgan fingerprint density at radius 1 is 1.29 bits per heavy atom. The van der Waals surface area contributed by atoms with Crippen LogP contribution in [-0.4, -0.2) is 15.0 Å². The van der Waals surface area contributed by atoms with Crippen LogP contribution in [0.4, 0.5) is 4.39 Å². The molecule has 0 bridgehead atoms. The Hall–Kier alpha value is -1.92. The minimum Gasteiger partial charge on any atom is -0.271 e. The second kappa shape index (κ2) is 4.94. The molecule has 0 amide bonds. The van der Waals surface area contributed by atoms with Gasteiger partial charge in [0.25, 0.3) is 0 Å². The first-order chi connectivity index (χ1) is 8.22. The molecule has 0 aliphatic rings. The predicted octanol–water partition coefficient (Wildman–Crippen LogP) is 0.872. The lowest BCUT2D eigenvalue weighted by Crippen LogP contribution is -2.30. The molecule has 88 valence electrons. The minimum absolute atomic E-state index is 0.389. The number of hydrazine groups is 1. The van der Waals surface area contributed by atoms with Crippen molar-refractivity contribution >= 4 is 0 Å². The Morgan fingerprint density at radius 2 is 2.12 bits per heavy atom. The maximum absolute atomic E-state index is 13.6. The third kappa shape index (κ3) is 2.43. The molecule has 17 heavy (non-hydrogen) atoms. The van der Waals surface area contributed by atoms with Gasteiger partial charge in [0, 0.05) is 18.0 Å². The van der Waals surface area contributed by atoms with Crippen molar-refractivity contribution < 1.29 is 4.39 Å². The molecule has 5 nitrogen and oxygen atoms in total. The van der Waals surface area contributed by atoms with E-state index in [-0.39, 0.29) is 0 Å². The average molecular weight is 233 g/mol. The topological polar surface area (TPSA) is 76.7 Å². The maximum atomic E-state index is 13.6.